The maximum absolute atomic E-state index is 5.60. The second-order valence-electron chi connectivity index (χ2n) is 4.21. The maximum Gasteiger partial charge on any atom is 0.248 e. The van der Waals surface area contributed by atoms with E-state index in [0.717, 1.165) is 11.3 Å². The van der Waals surface area contributed by atoms with Crippen LogP contribution in [-0.2, 0) is 6.54 Å². The summed E-state index contributed by atoms with van der Waals surface area (Å²) in [4.78, 5) is 4.33. The molecule has 0 amide bonds. The lowest BCUT2D eigenvalue weighted by molar-refractivity contribution is 0.366. The molecule has 0 radical (unpaired) electrons. The average molecular weight is 271 g/mol. The number of rotatable bonds is 4. The van der Waals surface area contributed by atoms with Crippen molar-refractivity contribution in [2.45, 2.75) is 6.54 Å². The molecule has 20 heavy (non-hydrogen) atoms. The third-order valence-corrected chi connectivity index (χ3v) is 2.75. The first kappa shape index (κ1) is 12.2. The van der Waals surface area contributed by atoms with E-state index in [0.29, 0.717) is 23.9 Å². The zero-order valence-electron chi connectivity index (χ0n) is 10.9. The van der Waals surface area contributed by atoms with Gasteiger partial charge in [-0.2, -0.15) is 10.1 Å². The largest absolute Gasteiger partial charge is 0.497 e. The molecule has 0 aliphatic heterocycles. The molecule has 2 N–H and O–H groups in total. The van der Waals surface area contributed by atoms with E-state index in [1.807, 2.05) is 24.3 Å². The molecule has 2 heterocycles. The molecule has 3 rings (SSSR count). The van der Waals surface area contributed by atoms with E-state index in [2.05, 4.69) is 15.2 Å². The van der Waals surface area contributed by atoms with Gasteiger partial charge < -0.3 is 15.0 Å². The summed E-state index contributed by atoms with van der Waals surface area (Å²) in [6, 6.07) is 7.47. The van der Waals surface area contributed by atoms with Crippen LogP contribution >= 0.6 is 0 Å². The standard InChI is InChI=1S/C13H13N5O2/c1-19-11-4-2-3-9(5-11)13-16-12(20-17-13)8-18-7-10(14)6-15-18/h2-7H,8,14H2,1H3. The van der Waals surface area contributed by atoms with Crippen molar-refractivity contribution >= 4 is 5.69 Å². The van der Waals surface area contributed by atoms with E-state index in [4.69, 9.17) is 15.0 Å². The molecule has 2 aromatic heterocycles. The fourth-order valence-corrected chi connectivity index (χ4v) is 1.80. The molecule has 0 spiro atoms. The van der Waals surface area contributed by atoms with Crippen LogP contribution in [0, 0.1) is 0 Å². The molecule has 0 unspecified atom stereocenters. The van der Waals surface area contributed by atoms with Gasteiger partial charge in [0, 0.05) is 11.8 Å². The summed E-state index contributed by atoms with van der Waals surface area (Å²) in [5.41, 5.74) is 7.02. The highest BCUT2D eigenvalue weighted by atomic mass is 16.5. The zero-order chi connectivity index (χ0) is 13.9. The molecule has 0 saturated heterocycles. The molecular formula is C13H13N5O2. The molecule has 0 bridgehead atoms. The van der Waals surface area contributed by atoms with Gasteiger partial charge in [-0.15, -0.1) is 0 Å². The van der Waals surface area contributed by atoms with Crippen molar-refractivity contribution in [2.75, 3.05) is 12.8 Å². The molecule has 102 valence electrons. The highest BCUT2D eigenvalue weighted by molar-refractivity contribution is 5.56. The Bertz CT molecular complexity index is 719. The number of benzene rings is 1. The highest BCUT2D eigenvalue weighted by Crippen LogP contribution is 2.21. The lowest BCUT2D eigenvalue weighted by Crippen LogP contribution is -2.00. The second-order valence-corrected chi connectivity index (χ2v) is 4.21. The molecule has 0 aliphatic carbocycles. The van der Waals surface area contributed by atoms with E-state index in [1.54, 1.807) is 24.2 Å². The van der Waals surface area contributed by atoms with Crippen molar-refractivity contribution in [2.24, 2.45) is 0 Å². The Kier molecular flexibility index (Phi) is 3.08. The number of nitrogen functional groups attached to an aromatic ring is 1. The van der Waals surface area contributed by atoms with Crippen molar-refractivity contribution in [1.82, 2.24) is 19.9 Å². The highest BCUT2D eigenvalue weighted by Gasteiger charge is 2.10. The van der Waals surface area contributed by atoms with E-state index in [9.17, 15) is 0 Å². The number of ether oxygens (including phenoxy) is 1. The Hall–Kier alpha value is -2.83. The van der Waals surface area contributed by atoms with Crippen molar-refractivity contribution in [3.63, 3.8) is 0 Å². The van der Waals surface area contributed by atoms with Gasteiger partial charge in [-0.3, -0.25) is 4.68 Å². The van der Waals surface area contributed by atoms with Crippen molar-refractivity contribution < 1.29 is 9.26 Å². The minimum atomic E-state index is 0.383. The number of nitrogens with zero attached hydrogens (tertiary/aromatic N) is 4. The fourth-order valence-electron chi connectivity index (χ4n) is 1.80. The minimum Gasteiger partial charge on any atom is -0.497 e. The number of aromatic nitrogens is 4. The van der Waals surface area contributed by atoms with Gasteiger partial charge >= 0.3 is 0 Å². The molecule has 0 aliphatic rings. The second kappa shape index (κ2) is 5.04. The van der Waals surface area contributed by atoms with Crippen LogP contribution in [0.2, 0.25) is 0 Å². The summed E-state index contributed by atoms with van der Waals surface area (Å²) in [7, 11) is 1.61. The quantitative estimate of drug-likeness (QED) is 0.774. The molecule has 0 atom stereocenters. The first-order valence-electron chi connectivity index (χ1n) is 5.99. The van der Waals surface area contributed by atoms with Crippen LogP contribution in [0.25, 0.3) is 11.4 Å². The van der Waals surface area contributed by atoms with Crippen LogP contribution in [0.1, 0.15) is 5.89 Å². The van der Waals surface area contributed by atoms with Gasteiger partial charge in [0.05, 0.1) is 19.0 Å². The van der Waals surface area contributed by atoms with Gasteiger partial charge in [-0.1, -0.05) is 17.3 Å². The normalized spacial score (nSPS) is 10.7. The third kappa shape index (κ3) is 2.46. The molecule has 0 fully saturated rings. The first-order valence-corrected chi connectivity index (χ1v) is 5.99. The van der Waals surface area contributed by atoms with Gasteiger partial charge in [-0.25, -0.2) is 0 Å². The van der Waals surface area contributed by atoms with Crippen molar-refractivity contribution in [1.29, 1.82) is 0 Å². The van der Waals surface area contributed by atoms with E-state index in [-0.39, 0.29) is 0 Å². The van der Waals surface area contributed by atoms with Crippen molar-refractivity contribution in [3.8, 4) is 17.1 Å². The van der Waals surface area contributed by atoms with E-state index < -0.39 is 0 Å². The fraction of sp³-hybridized carbons (Fsp3) is 0.154. The molecule has 1 aromatic carbocycles. The van der Waals surface area contributed by atoms with Crippen LogP contribution in [0.5, 0.6) is 5.75 Å². The summed E-state index contributed by atoms with van der Waals surface area (Å²) in [5.74, 6) is 1.72. The number of hydrogen-bond donors (Lipinski definition) is 1. The average Bonchev–Trinajstić information content (AvgIpc) is 3.09. The lowest BCUT2D eigenvalue weighted by Gasteiger charge is -1.99. The van der Waals surface area contributed by atoms with Crippen LogP contribution in [0.3, 0.4) is 0 Å². The SMILES string of the molecule is COc1cccc(-c2noc(Cn3cc(N)cn3)n2)c1. The van der Waals surface area contributed by atoms with Crippen LogP contribution in [0.4, 0.5) is 5.69 Å². The third-order valence-electron chi connectivity index (χ3n) is 2.75. The Labute approximate surface area is 115 Å². The zero-order valence-corrected chi connectivity index (χ0v) is 10.9. The summed E-state index contributed by atoms with van der Waals surface area (Å²) < 4.78 is 12.0. The molecule has 7 heteroatoms. The van der Waals surface area contributed by atoms with Crippen molar-refractivity contribution in [3.05, 3.63) is 42.5 Å². The molecule has 3 aromatic rings. The molecule has 7 nitrogen and oxygen atoms in total. The summed E-state index contributed by atoms with van der Waals surface area (Å²) in [5, 5.41) is 8.02. The lowest BCUT2D eigenvalue weighted by atomic mass is 10.2. The predicted molar refractivity (Wildman–Crippen MR) is 72.0 cm³/mol. The number of nitrogens with two attached hydrogens (primary N) is 1. The smallest absolute Gasteiger partial charge is 0.248 e. The van der Waals surface area contributed by atoms with Gasteiger partial charge in [0.25, 0.3) is 0 Å². The van der Waals surface area contributed by atoms with Crippen LogP contribution in [0.15, 0.2) is 41.2 Å². The Morgan fingerprint density at radius 2 is 2.30 bits per heavy atom. The Morgan fingerprint density at radius 3 is 3.05 bits per heavy atom. The van der Waals surface area contributed by atoms with E-state index >= 15 is 0 Å². The monoisotopic (exact) mass is 271 g/mol. The topological polar surface area (TPSA) is 92.0 Å². The van der Waals surface area contributed by atoms with E-state index in [1.165, 1.54) is 0 Å². The first-order chi connectivity index (χ1) is 9.74. The number of hydrogen-bond acceptors (Lipinski definition) is 6. The summed E-state index contributed by atoms with van der Waals surface area (Å²) in [6.07, 6.45) is 3.27. The van der Waals surface area contributed by atoms with Gasteiger partial charge in [0.2, 0.25) is 11.7 Å². The molecular weight excluding hydrogens is 258 g/mol. The van der Waals surface area contributed by atoms with Gasteiger partial charge in [-0.05, 0) is 12.1 Å². The van der Waals surface area contributed by atoms with Crippen LogP contribution < -0.4 is 10.5 Å². The molecule has 0 saturated carbocycles. The summed E-state index contributed by atoms with van der Waals surface area (Å²) in [6.45, 7) is 0.383. The summed E-state index contributed by atoms with van der Waals surface area (Å²) >= 11 is 0. The minimum absolute atomic E-state index is 0.383. The predicted octanol–water partition coefficient (Wildman–Crippen LogP) is 1.57. The number of methoxy groups -OCH3 is 1. The Balaban J connectivity index is 1.82. The van der Waals surface area contributed by atoms with Gasteiger partial charge in [0.15, 0.2) is 0 Å². The number of anilines is 1. The maximum atomic E-state index is 5.60. The van der Waals surface area contributed by atoms with Crippen LogP contribution in [-0.4, -0.2) is 27.0 Å². The van der Waals surface area contributed by atoms with Gasteiger partial charge in [0.1, 0.15) is 12.3 Å². The Morgan fingerprint density at radius 1 is 1.40 bits per heavy atom.